The molecule has 138 valence electrons. The molecule has 0 saturated carbocycles. The lowest BCUT2D eigenvalue weighted by atomic mass is 9.97. The van der Waals surface area contributed by atoms with E-state index < -0.39 is 0 Å². The number of ether oxygens (including phenoxy) is 1. The van der Waals surface area contributed by atoms with Gasteiger partial charge in [-0.3, -0.25) is 4.79 Å². The molecule has 5 heterocycles. The minimum Gasteiger partial charge on any atom is -0.378 e. The van der Waals surface area contributed by atoms with E-state index in [9.17, 15) is 4.79 Å². The molecule has 1 N–H and O–H groups in total. The number of piperidine rings is 1. The summed E-state index contributed by atoms with van der Waals surface area (Å²) in [6.45, 7) is 6.67. The first-order valence-electron chi connectivity index (χ1n) is 9.49. The van der Waals surface area contributed by atoms with Gasteiger partial charge in [-0.1, -0.05) is 0 Å². The van der Waals surface area contributed by atoms with Crippen molar-refractivity contribution in [1.82, 2.24) is 15.2 Å². The van der Waals surface area contributed by atoms with Crippen LogP contribution in [0.5, 0.6) is 0 Å². The predicted molar refractivity (Wildman–Crippen MR) is 103 cm³/mol. The maximum atomic E-state index is 12.8. The fourth-order valence-electron chi connectivity index (χ4n) is 4.52. The van der Waals surface area contributed by atoms with Crippen LogP contribution in [-0.2, 0) is 4.74 Å². The van der Waals surface area contributed by atoms with Crippen molar-refractivity contribution in [2.45, 2.75) is 18.9 Å². The van der Waals surface area contributed by atoms with Crippen LogP contribution in [0.25, 0.3) is 10.1 Å². The number of hydrogen-bond donors (Lipinski definition) is 1. The molecule has 3 saturated heterocycles. The molecule has 3 fully saturated rings. The first kappa shape index (κ1) is 16.5. The van der Waals surface area contributed by atoms with Crippen LogP contribution in [0.15, 0.2) is 17.6 Å². The standard InChI is InChI=1S/C19H24N4O2S/c24-19(21-14-7-13-1-2-22(10-13)11-14)16-8-15-17(12-26-18(15)9-20-16)23-3-5-25-6-4-23/h8-9,12-14H,1-7,10-11H2,(H,21,24)/t13-,14-/m1/s1. The number of thiophene rings is 1. The van der Waals surface area contributed by atoms with Crippen LogP contribution in [0.4, 0.5) is 5.69 Å². The maximum absolute atomic E-state index is 12.8. The van der Waals surface area contributed by atoms with Crippen LogP contribution >= 0.6 is 11.3 Å². The Bertz CT molecular complexity index is 805. The molecule has 0 aromatic carbocycles. The highest BCUT2D eigenvalue weighted by molar-refractivity contribution is 7.17. The van der Waals surface area contributed by atoms with Gasteiger partial charge in [0.2, 0.25) is 0 Å². The molecule has 5 rings (SSSR count). The fraction of sp³-hybridized carbons (Fsp3) is 0.579. The Morgan fingerprint density at radius 1 is 1.27 bits per heavy atom. The van der Waals surface area contributed by atoms with Crippen molar-refractivity contribution in [3.8, 4) is 0 Å². The van der Waals surface area contributed by atoms with Crippen molar-refractivity contribution >= 4 is 33.0 Å². The van der Waals surface area contributed by atoms with Gasteiger partial charge in [-0.15, -0.1) is 11.3 Å². The Hall–Kier alpha value is -1.70. The summed E-state index contributed by atoms with van der Waals surface area (Å²) in [5.41, 5.74) is 1.73. The lowest BCUT2D eigenvalue weighted by Gasteiger charge is -2.30. The van der Waals surface area contributed by atoms with Gasteiger partial charge in [0.1, 0.15) is 5.69 Å². The molecular weight excluding hydrogens is 348 g/mol. The van der Waals surface area contributed by atoms with E-state index in [4.69, 9.17) is 4.74 Å². The second kappa shape index (κ2) is 6.79. The highest BCUT2D eigenvalue weighted by atomic mass is 32.1. The fourth-order valence-corrected chi connectivity index (χ4v) is 5.44. The maximum Gasteiger partial charge on any atom is 0.270 e. The van der Waals surface area contributed by atoms with Gasteiger partial charge in [-0.2, -0.15) is 0 Å². The zero-order valence-corrected chi connectivity index (χ0v) is 15.6. The zero-order valence-electron chi connectivity index (χ0n) is 14.8. The molecule has 2 aromatic rings. The minimum absolute atomic E-state index is 0.0430. The molecule has 1 unspecified atom stereocenters. The minimum atomic E-state index is -0.0430. The number of anilines is 1. The first-order valence-corrected chi connectivity index (χ1v) is 10.4. The van der Waals surface area contributed by atoms with Crippen LogP contribution in [0.2, 0.25) is 0 Å². The summed E-state index contributed by atoms with van der Waals surface area (Å²) >= 11 is 1.69. The van der Waals surface area contributed by atoms with Gasteiger partial charge in [-0.05, 0) is 31.4 Å². The van der Waals surface area contributed by atoms with Crippen molar-refractivity contribution in [1.29, 1.82) is 0 Å². The summed E-state index contributed by atoms with van der Waals surface area (Å²) in [4.78, 5) is 22.0. The molecule has 3 aliphatic heterocycles. The third-order valence-electron chi connectivity index (χ3n) is 5.83. The van der Waals surface area contributed by atoms with Gasteiger partial charge in [0, 0.05) is 49.2 Å². The van der Waals surface area contributed by atoms with Crippen LogP contribution in [-0.4, -0.2) is 67.8 Å². The molecule has 6 nitrogen and oxygen atoms in total. The molecular formula is C19H24N4O2S. The molecule has 2 bridgehead atoms. The number of fused-ring (bicyclic) bond motifs is 3. The van der Waals surface area contributed by atoms with Gasteiger partial charge in [0.05, 0.1) is 23.6 Å². The summed E-state index contributed by atoms with van der Waals surface area (Å²) in [7, 11) is 0. The number of carbonyl (C=O) groups excluding carboxylic acids is 1. The van der Waals surface area contributed by atoms with Crippen molar-refractivity contribution < 1.29 is 9.53 Å². The summed E-state index contributed by atoms with van der Waals surface area (Å²) in [5.74, 6) is 0.702. The number of amides is 1. The summed E-state index contributed by atoms with van der Waals surface area (Å²) in [5, 5.41) is 6.52. The number of aromatic nitrogens is 1. The third kappa shape index (κ3) is 3.08. The van der Waals surface area contributed by atoms with Gasteiger partial charge < -0.3 is 19.9 Å². The van der Waals surface area contributed by atoms with Crippen molar-refractivity contribution in [2.75, 3.05) is 50.8 Å². The van der Waals surface area contributed by atoms with E-state index >= 15 is 0 Å². The molecule has 2 aromatic heterocycles. The summed E-state index contributed by atoms with van der Waals surface area (Å²) < 4.78 is 6.59. The van der Waals surface area contributed by atoms with E-state index in [-0.39, 0.29) is 11.9 Å². The van der Waals surface area contributed by atoms with E-state index in [1.807, 2.05) is 12.3 Å². The Kier molecular flexibility index (Phi) is 4.30. The molecule has 0 radical (unpaired) electrons. The lowest BCUT2D eigenvalue weighted by Crippen LogP contribution is -2.47. The molecule has 1 amide bonds. The van der Waals surface area contributed by atoms with Crippen LogP contribution < -0.4 is 10.2 Å². The van der Waals surface area contributed by atoms with Crippen LogP contribution in [0.3, 0.4) is 0 Å². The van der Waals surface area contributed by atoms with E-state index in [2.05, 4.69) is 25.5 Å². The predicted octanol–water partition coefficient (Wildman–Crippen LogP) is 1.96. The van der Waals surface area contributed by atoms with Crippen LogP contribution in [0, 0.1) is 5.92 Å². The van der Waals surface area contributed by atoms with E-state index in [1.54, 1.807) is 11.3 Å². The second-order valence-electron chi connectivity index (χ2n) is 7.61. The number of nitrogens with one attached hydrogen (secondary N) is 1. The SMILES string of the molecule is O=C(N[C@@H]1C[C@H]2CCN(C2)C1)c1cc2c(N3CCOCC3)csc2cn1. The van der Waals surface area contributed by atoms with Gasteiger partial charge in [0.25, 0.3) is 5.91 Å². The Morgan fingerprint density at radius 3 is 3.00 bits per heavy atom. The third-order valence-corrected chi connectivity index (χ3v) is 6.75. The van der Waals surface area contributed by atoms with Gasteiger partial charge in [-0.25, -0.2) is 4.98 Å². The normalized spacial score (nSPS) is 28.5. The number of nitrogens with zero attached hydrogens (tertiary/aromatic N) is 3. The van der Waals surface area contributed by atoms with Gasteiger partial charge in [0.15, 0.2) is 0 Å². The highest BCUT2D eigenvalue weighted by Gasteiger charge is 2.33. The Labute approximate surface area is 157 Å². The number of hydrogen-bond acceptors (Lipinski definition) is 6. The smallest absolute Gasteiger partial charge is 0.270 e. The van der Waals surface area contributed by atoms with Crippen molar-refractivity contribution in [3.05, 3.63) is 23.3 Å². The lowest BCUT2D eigenvalue weighted by molar-refractivity contribution is 0.0904. The molecule has 3 atom stereocenters. The van der Waals surface area contributed by atoms with Crippen molar-refractivity contribution in [2.24, 2.45) is 5.92 Å². The summed E-state index contributed by atoms with van der Waals surface area (Å²) in [6, 6.07) is 2.21. The quantitative estimate of drug-likeness (QED) is 0.893. The van der Waals surface area contributed by atoms with E-state index in [0.717, 1.165) is 55.3 Å². The largest absolute Gasteiger partial charge is 0.378 e. The monoisotopic (exact) mass is 372 g/mol. The van der Waals surface area contributed by atoms with E-state index in [1.165, 1.54) is 25.2 Å². The average Bonchev–Trinajstić information content (AvgIpc) is 3.24. The number of carbonyl (C=O) groups is 1. The topological polar surface area (TPSA) is 57.7 Å². The van der Waals surface area contributed by atoms with Crippen molar-refractivity contribution in [3.63, 3.8) is 0 Å². The summed E-state index contributed by atoms with van der Waals surface area (Å²) in [6.07, 6.45) is 4.21. The average molecular weight is 372 g/mol. The highest BCUT2D eigenvalue weighted by Crippen LogP contribution is 2.33. The first-order chi connectivity index (χ1) is 12.8. The zero-order chi connectivity index (χ0) is 17.5. The Morgan fingerprint density at radius 2 is 2.15 bits per heavy atom. The van der Waals surface area contributed by atoms with Gasteiger partial charge >= 0.3 is 0 Å². The number of morpholine rings is 1. The molecule has 7 heteroatoms. The number of rotatable bonds is 3. The Balaban J connectivity index is 1.35. The molecule has 0 aliphatic carbocycles. The second-order valence-corrected chi connectivity index (χ2v) is 8.52. The van der Waals surface area contributed by atoms with E-state index in [0.29, 0.717) is 5.69 Å². The molecule has 26 heavy (non-hydrogen) atoms. The molecule has 0 spiro atoms. The van der Waals surface area contributed by atoms with Crippen LogP contribution in [0.1, 0.15) is 23.3 Å². The number of pyridine rings is 1. The molecule has 3 aliphatic rings.